The molecule has 0 bridgehead atoms. The van der Waals surface area contributed by atoms with Gasteiger partial charge in [0.2, 0.25) is 0 Å². The number of imidazole rings is 1. The van der Waals surface area contributed by atoms with Crippen molar-refractivity contribution >= 4 is 5.71 Å². The van der Waals surface area contributed by atoms with Crippen molar-refractivity contribution in [3.05, 3.63) is 47.5 Å². The Labute approximate surface area is 140 Å². The van der Waals surface area contributed by atoms with Crippen molar-refractivity contribution in [2.24, 2.45) is 5.16 Å². The molecule has 124 valence electrons. The molecular formula is C18H20N4O2. The van der Waals surface area contributed by atoms with Gasteiger partial charge in [-0.15, -0.1) is 0 Å². The number of oxime groups is 1. The fourth-order valence-corrected chi connectivity index (χ4v) is 3.76. The molecule has 0 fully saturated rings. The Bertz CT molecular complexity index is 798. The van der Waals surface area contributed by atoms with E-state index in [1.165, 1.54) is 5.56 Å². The molecule has 1 aromatic heterocycles. The van der Waals surface area contributed by atoms with E-state index in [-0.39, 0.29) is 6.10 Å². The van der Waals surface area contributed by atoms with Crippen LogP contribution in [-0.2, 0) is 17.8 Å². The number of aromatic nitrogens is 2. The minimum Gasteiger partial charge on any atom is -0.493 e. The van der Waals surface area contributed by atoms with E-state index in [0.29, 0.717) is 6.04 Å². The third-order valence-electron chi connectivity index (χ3n) is 5.07. The summed E-state index contributed by atoms with van der Waals surface area (Å²) in [5.74, 6) is 2.14. The average Bonchev–Trinajstić information content (AvgIpc) is 3.35. The third-order valence-corrected chi connectivity index (χ3v) is 5.07. The lowest BCUT2D eigenvalue weighted by Gasteiger charge is -2.14. The quantitative estimate of drug-likeness (QED) is 0.935. The van der Waals surface area contributed by atoms with Gasteiger partial charge in [-0.2, -0.15) is 0 Å². The van der Waals surface area contributed by atoms with Gasteiger partial charge in [0.15, 0.2) is 0 Å². The lowest BCUT2D eigenvalue weighted by Crippen LogP contribution is -2.30. The van der Waals surface area contributed by atoms with Crippen molar-refractivity contribution in [3.8, 4) is 5.75 Å². The number of nitrogens with one attached hydrogen (secondary N) is 1. The summed E-state index contributed by atoms with van der Waals surface area (Å²) < 4.78 is 7.78. The van der Waals surface area contributed by atoms with Gasteiger partial charge >= 0.3 is 0 Å². The minimum absolute atomic E-state index is 0.0912. The molecule has 1 aromatic carbocycles. The summed E-state index contributed by atoms with van der Waals surface area (Å²) in [6, 6.07) is 6.64. The van der Waals surface area contributed by atoms with Gasteiger partial charge in [0, 0.05) is 38.3 Å². The topological polar surface area (TPSA) is 60.7 Å². The van der Waals surface area contributed by atoms with Crippen LogP contribution < -0.4 is 10.1 Å². The zero-order valence-corrected chi connectivity index (χ0v) is 13.4. The van der Waals surface area contributed by atoms with E-state index in [4.69, 9.17) is 9.57 Å². The molecule has 0 saturated carbocycles. The second kappa shape index (κ2) is 5.63. The Hall–Kier alpha value is -2.34. The number of hydrogen-bond donors (Lipinski definition) is 1. The summed E-state index contributed by atoms with van der Waals surface area (Å²) in [6.45, 7) is 2.61. The number of hydrogen-bond acceptors (Lipinski definition) is 5. The van der Waals surface area contributed by atoms with Crippen molar-refractivity contribution in [1.82, 2.24) is 14.9 Å². The molecule has 3 aliphatic rings. The van der Waals surface area contributed by atoms with Crippen LogP contribution in [0.2, 0.25) is 0 Å². The van der Waals surface area contributed by atoms with E-state index < -0.39 is 0 Å². The van der Waals surface area contributed by atoms with Gasteiger partial charge in [-0.05, 0) is 35.7 Å². The van der Waals surface area contributed by atoms with Gasteiger partial charge in [0.05, 0.1) is 18.4 Å². The number of aryl methyl sites for hydroxylation is 1. The Balaban J connectivity index is 1.20. The highest BCUT2D eigenvalue weighted by Crippen LogP contribution is 2.28. The second-order valence-electron chi connectivity index (χ2n) is 6.62. The maximum absolute atomic E-state index is 5.64. The highest BCUT2D eigenvalue weighted by Gasteiger charge is 2.27. The molecule has 5 rings (SSSR count). The lowest BCUT2D eigenvalue weighted by atomic mass is 10.0. The van der Waals surface area contributed by atoms with E-state index in [1.54, 1.807) is 0 Å². The second-order valence-corrected chi connectivity index (χ2v) is 6.62. The van der Waals surface area contributed by atoms with Crippen LogP contribution in [0.1, 0.15) is 35.8 Å². The normalized spacial score (nSPS) is 24.2. The first kappa shape index (κ1) is 14.0. The molecular weight excluding hydrogens is 304 g/mol. The van der Waals surface area contributed by atoms with Gasteiger partial charge < -0.3 is 19.5 Å². The molecule has 2 aromatic rings. The number of ether oxygens (including phenoxy) is 1. The van der Waals surface area contributed by atoms with Gasteiger partial charge in [0.25, 0.3) is 0 Å². The van der Waals surface area contributed by atoms with Crippen LogP contribution in [0.4, 0.5) is 0 Å². The van der Waals surface area contributed by atoms with Crippen molar-refractivity contribution in [1.29, 1.82) is 0 Å². The van der Waals surface area contributed by atoms with Crippen LogP contribution in [0.3, 0.4) is 0 Å². The summed E-state index contributed by atoms with van der Waals surface area (Å²) in [7, 11) is 0. The van der Waals surface area contributed by atoms with Gasteiger partial charge in [-0.1, -0.05) is 5.16 Å². The fourth-order valence-electron chi connectivity index (χ4n) is 3.76. The fraction of sp³-hybridized carbons (Fsp3) is 0.444. The highest BCUT2D eigenvalue weighted by molar-refractivity contribution is 6.01. The SMILES string of the molecule is c1cn2c(n1)C(NCC1CC(c3ccc4c(c3)CCO4)=NO1)CC2. The molecule has 2 atom stereocenters. The van der Waals surface area contributed by atoms with E-state index in [1.807, 2.05) is 18.5 Å². The largest absolute Gasteiger partial charge is 0.493 e. The summed E-state index contributed by atoms with van der Waals surface area (Å²) in [5, 5.41) is 7.89. The molecule has 1 N–H and O–H groups in total. The number of fused-ring (bicyclic) bond motifs is 2. The Morgan fingerprint density at radius 2 is 2.33 bits per heavy atom. The van der Waals surface area contributed by atoms with Crippen LogP contribution in [0.25, 0.3) is 0 Å². The predicted molar refractivity (Wildman–Crippen MR) is 89.3 cm³/mol. The molecule has 3 aliphatic heterocycles. The first-order valence-electron chi connectivity index (χ1n) is 8.60. The van der Waals surface area contributed by atoms with Crippen LogP contribution in [0.15, 0.2) is 35.7 Å². The molecule has 24 heavy (non-hydrogen) atoms. The van der Waals surface area contributed by atoms with E-state index in [0.717, 1.165) is 61.8 Å². The predicted octanol–water partition coefficient (Wildman–Crippen LogP) is 2.05. The van der Waals surface area contributed by atoms with E-state index in [2.05, 4.69) is 32.2 Å². The number of nitrogens with zero attached hydrogens (tertiary/aromatic N) is 3. The van der Waals surface area contributed by atoms with E-state index >= 15 is 0 Å². The Morgan fingerprint density at radius 1 is 1.33 bits per heavy atom. The highest BCUT2D eigenvalue weighted by atomic mass is 16.6. The smallest absolute Gasteiger partial charge is 0.145 e. The van der Waals surface area contributed by atoms with Crippen molar-refractivity contribution < 1.29 is 9.57 Å². The number of benzene rings is 1. The molecule has 4 heterocycles. The Kier molecular flexibility index (Phi) is 3.29. The number of rotatable bonds is 4. The summed E-state index contributed by atoms with van der Waals surface area (Å²) in [5.41, 5.74) is 3.46. The standard InChI is InChI=1S/C18H20N4O2/c1-2-17-13(4-8-23-17)9-12(1)16-10-14(24-21-16)11-20-15-3-6-22-7-5-19-18(15)22/h1-2,5,7,9,14-15,20H,3-4,6,8,10-11H2. The molecule has 6 heteroatoms. The van der Waals surface area contributed by atoms with Crippen molar-refractivity contribution in [2.75, 3.05) is 13.2 Å². The average molecular weight is 324 g/mol. The van der Waals surface area contributed by atoms with Crippen LogP contribution in [0.5, 0.6) is 5.75 Å². The van der Waals surface area contributed by atoms with Crippen LogP contribution in [-0.4, -0.2) is 34.5 Å². The zero-order valence-electron chi connectivity index (χ0n) is 13.4. The summed E-state index contributed by atoms with van der Waals surface area (Å²) in [6.07, 6.45) is 6.92. The molecule has 0 aliphatic carbocycles. The molecule has 2 unspecified atom stereocenters. The van der Waals surface area contributed by atoms with Gasteiger partial charge in [0.1, 0.15) is 17.7 Å². The van der Waals surface area contributed by atoms with Crippen molar-refractivity contribution in [3.63, 3.8) is 0 Å². The maximum Gasteiger partial charge on any atom is 0.145 e. The van der Waals surface area contributed by atoms with Crippen LogP contribution in [0, 0.1) is 0 Å². The summed E-state index contributed by atoms with van der Waals surface area (Å²) >= 11 is 0. The van der Waals surface area contributed by atoms with E-state index in [9.17, 15) is 0 Å². The first-order valence-corrected chi connectivity index (χ1v) is 8.60. The minimum atomic E-state index is 0.0912. The molecule has 0 amide bonds. The maximum atomic E-state index is 5.64. The summed E-state index contributed by atoms with van der Waals surface area (Å²) in [4.78, 5) is 10.1. The van der Waals surface area contributed by atoms with Gasteiger partial charge in [-0.25, -0.2) is 4.98 Å². The zero-order chi connectivity index (χ0) is 15.9. The molecule has 0 radical (unpaired) electrons. The first-order chi connectivity index (χ1) is 11.9. The molecule has 0 spiro atoms. The Morgan fingerprint density at radius 3 is 3.33 bits per heavy atom. The monoisotopic (exact) mass is 324 g/mol. The molecule has 0 saturated heterocycles. The lowest BCUT2D eigenvalue weighted by molar-refractivity contribution is 0.0826. The van der Waals surface area contributed by atoms with Crippen molar-refractivity contribution in [2.45, 2.75) is 38.0 Å². The third kappa shape index (κ3) is 2.38. The van der Waals surface area contributed by atoms with Gasteiger partial charge in [-0.3, -0.25) is 0 Å². The molecule has 6 nitrogen and oxygen atoms in total. The van der Waals surface area contributed by atoms with Crippen LogP contribution >= 0.6 is 0 Å².